The highest BCUT2D eigenvalue weighted by Gasteiger charge is 2.08. The summed E-state index contributed by atoms with van der Waals surface area (Å²) in [5.74, 6) is 2.98. The molecule has 2 heterocycles. The number of nitrogens with two attached hydrogens (primary N) is 1. The number of fused-ring (bicyclic) bond motifs is 1. The lowest BCUT2D eigenvalue weighted by molar-refractivity contribution is 0.943. The maximum Gasteiger partial charge on any atom is 0.146 e. The number of anilines is 1. The Hall–Kier alpha value is -2.02. The van der Waals surface area contributed by atoms with E-state index in [1.165, 1.54) is 6.33 Å². The van der Waals surface area contributed by atoms with Gasteiger partial charge in [0.15, 0.2) is 0 Å². The van der Waals surface area contributed by atoms with Crippen LogP contribution in [0.5, 0.6) is 0 Å². The molecule has 2 aromatic heterocycles. The number of nitrogens with zero attached hydrogens (tertiary/aromatic N) is 3. The zero-order valence-electron chi connectivity index (χ0n) is 7.15. The van der Waals surface area contributed by atoms with Gasteiger partial charge in [-0.25, -0.2) is 9.97 Å². The second-order valence-electron chi connectivity index (χ2n) is 2.76. The van der Waals surface area contributed by atoms with Gasteiger partial charge in [0.05, 0.1) is 10.9 Å². The fraction of sp³-hybridized carbons (Fsp3) is 0.111. The Balaban J connectivity index is 2.99. The molecule has 0 radical (unpaired) electrons. The molecule has 64 valence electrons. The van der Waals surface area contributed by atoms with Crippen molar-refractivity contribution in [3.8, 4) is 12.3 Å². The molecule has 0 fully saturated rings. The van der Waals surface area contributed by atoms with E-state index in [1.54, 1.807) is 0 Å². The Morgan fingerprint density at radius 3 is 3.00 bits per heavy atom. The predicted molar refractivity (Wildman–Crippen MR) is 50.9 cm³/mol. The van der Waals surface area contributed by atoms with Gasteiger partial charge >= 0.3 is 0 Å². The SMILES string of the molecule is C#Cc1cn(C)c2ncnc(N)c12. The van der Waals surface area contributed by atoms with E-state index in [4.69, 9.17) is 12.2 Å². The lowest BCUT2D eigenvalue weighted by Crippen LogP contribution is -1.94. The summed E-state index contributed by atoms with van der Waals surface area (Å²) in [5, 5.41) is 0.757. The summed E-state index contributed by atoms with van der Waals surface area (Å²) in [6.07, 6.45) is 8.57. The van der Waals surface area contributed by atoms with E-state index in [9.17, 15) is 0 Å². The molecule has 4 heteroatoms. The topological polar surface area (TPSA) is 56.7 Å². The number of hydrogen-bond acceptors (Lipinski definition) is 3. The van der Waals surface area contributed by atoms with Crippen molar-refractivity contribution in [2.24, 2.45) is 7.05 Å². The summed E-state index contributed by atoms with van der Waals surface area (Å²) >= 11 is 0. The highest BCUT2D eigenvalue weighted by atomic mass is 15.0. The van der Waals surface area contributed by atoms with Crippen LogP contribution in [0.15, 0.2) is 12.5 Å². The molecule has 2 rings (SSSR count). The molecule has 0 amide bonds. The van der Waals surface area contributed by atoms with Crippen molar-refractivity contribution >= 4 is 16.9 Å². The number of rotatable bonds is 0. The molecule has 0 bridgehead atoms. The fourth-order valence-electron chi connectivity index (χ4n) is 1.34. The minimum Gasteiger partial charge on any atom is -0.383 e. The van der Waals surface area contributed by atoms with Crippen LogP contribution in [0.4, 0.5) is 5.82 Å². The average molecular weight is 172 g/mol. The van der Waals surface area contributed by atoms with E-state index in [1.807, 2.05) is 17.8 Å². The number of aryl methyl sites for hydroxylation is 1. The predicted octanol–water partition coefficient (Wildman–Crippen LogP) is 0.532. The van der Waals surface area contributed by atoms with Crippen molar-refractivity contribution in [2.45, 2.75) is 0 Å². The molecule has 13 heavy (non-hydrogen) atoms. The molecule has 2 N–H and O–H groups in total. The minimum absolute atomic E-state index is 0.429. The van der Waals surface area contributed by atoms with Crippen LogP contribution in [0.2, 0.25) is 0 Å². The fourth-order valence-corrected chi connectivity index (χ4v) is 1.34. The molecule has 0 atom stereocenters. The molecule has 0 aliphatic rings. The first-order valence-electron chi connectivity index (χ1n) is 3.76. The minimum atomic E-state index is 0.429. The van der Waals surface area contributed by atoms with Crippen LogP contribution in [0.1, 0.15) is 5.56 Å². The van der Waals surface area contributed by atoms with E-state index >= 15 is 0 Å². The van der Waals surface area contributed by atoms with Gasteiger partial charge in [-0.15, -0.1) is 6.42 Å². The number of hydrogen-bond donors (Lipinski definition) is 1. The van der Waals surface area contributed by atoms with Gasteiger partial charge in [0.2, 0.25) is 0 Å². The maximum atomic E-state index is 5.69. The van der Waals surface area contributed by atoms with Crippen molar-refractivity contribution in [3.63, 3.8) is 0 Å². The summed E-state index contributed by atoms with van der Waals surface area (Å²) in [7, 11) is 1.87. The second kappa shape index (κ2) is 2.49. The van der Waals surface area contributed by atoms with Crippen molar-refractivity contribution in [1.82, 2.24) is 14.5 Å². The molecule has 0 aromatic carbocycles. The second-order valence-corrected chi connectivity index (χ2v) is 2.76. The van der Waals surface area contributed by atoms with Gasteiger partial charge in [0.1, 0.15) is 17.8 Å². The average Bonchev–Trinajstić information content (AvgIpc) is 2.45. The van der Waals surface area contributed by atoms with E-state index in [-0.39, 0.29) is 0 Å². The molecule has 0 saturated heterocycles. The van der Waals surface area contributed by atoms with Gasteiger partial charge in [-0.2, -0.15) is 0 Å². The molecular weight excluding hydrogens is 164 g/mol. The highest BCUT2D eigenvalue weighted by Crippen LogP contribution is 2.21. The van der Waals surface area contributed by atoms with Crippen molar-refractivity contribution in [2.75, 3.05) is 5.73 Å². The lowest BCUT2D eigenvalue weighted by Gasteiger charge is -1.95. The summed E-state index contributed by atoms with van der Waals surface area (Å²) in [6, 6.07) is 0. The quantitative estimate of drug-likeness (QED) is 0.590. The van der Waals surface area contributed by atoms with Crippen molar-refractivity contribution in [3.05, 3.63) is 18.1 Å². The van der Waals surface area contributed by atoms with E-state index in [0.29, 0.717) is 5.82 Å². The van der Waals surface area contributed by atoms with Crippen LogP contribution < -0.4 is 5.73 Å². The Morgan fingerprint density at radius 2 is 2.31 bits per heavy atom. The maximum absolute atomic E-state index is 5.69. The number of nitrogen functional groups attached to an aromatic ring is 1. The van der Waals surface area contributed by atoms with E-state index < -0.39 is 0 Å². The third-order valence-corrected chi connectivity index (χ3v) is 1.94. The van der Waals surface area contributed by atoms with Crippen molar-refractivity contribution < 1.29 is 0 Å². The monoisotopic (exact) mass is 172 g/mol. The van der Waals surface area contributed by atoms with Crippen LogP contribution in [0, 0.1) is 12.3 Å². The van der Waals surface area contributed by atoms with Crippen LogP contribution >= 0.6 is 0 Å². The molecule has 0 saturated carbocycles. The van der Waals surface area contributed by atoms with Crippen LogP contribution in [0.3, 0.4) is 0 Å². The third-order valence-electron chi connectivity index (χ3n) is 1.94. The van der Waals surface area contributed by atoms with Gasteiger partial charge in [-0.3, -0.25) is 0 Å². The van der Waals surface area contributed by atoms with E-state index in [2.05, 4.69) is 15.9 Å². The van der Waals surface area contributed by atoms with Gasteiger partial charge in [-0.05, 0) is 0 Å². The number of aromatic nitrogens is 3. The van der Waals surface area contributed by atoms with Gasteiger partial charge in [0, 0.05) is 13.2 Å². The summed E-state index contributed by atoms with van der Waals surface area (Å²) in [5.41, 5.74) is 7.18. The molecular formula is C9H8N4. The van der Waals surface area contributed by atoms with Crippen LogP contribution in [0.25, 0.3) is 11.0 Å². The normalized spacial score (nSPS) is 10.2. The summed E-state index contributed by atoms with van der Waals surface area (Å²) < 4.78 is 1.84. The Morgan fingerprint density at radius 1 is 1.54 bits per heavy atom. The van der Waals surface area contributed by atoms with Gasteiger partial charge in [0.25, 0.3) is 0 Å². The largest absolute Gasteiger partial charge is 0.383 e. The Kier molecular flexibility index (Phi) is 1.46. The molecule has 0 aliphatic carbocycles. The first-order chi connectivity index (χ1) is 6.24. The standard InChI is InChI=1S/C9H8N4/c1-3-6-4-13(2)9-7(6)8(10)11-5-12-9/h1,4-5H,2H3,(H2,10,11,12). The zero-order chi connectivity index (χ0) is 9.42. The van der Waals surface area contributed by atoms with E-state index in [0.717, 1.165) is 16.6 Å². The molecule has 4 nitrogen and oxygen atoms in total. The van der Waals surface area contributed by atoms with Crippen LogP contribution in [-0.4, -0.2) is 14.5 Å². The summed E-state index contributed by atoms with van der Waals surface area (Å²) in [6.45, 7) is 0. The molecule has 0 aliphatic heterocycles. The summed E-state index contributed by atoms with van der Waals surface area (Å²) in [4.78, 5) is 7.97. The molecule has 0 unspecified atom stereocenters. The smallest absolute Gasteiger partial charge is 0.146 e. The first kappa shape index (κ1) is 7.62. The highest BCUT2D eigenvalue weighted by molar-refractivity contribution is 5.92. The van der Waals surface area contributed by atoms with Gasteiger partial charge in [-0.1, -0.05) is 5.92 Å². The zero-order valence-corrected chi connectivity index (χ0v) is 7.15. The first-order valence-corrected chi connectivity index (χ1v) is 3.76. The molecule has 2 aromatic rings. The lowest BCUT2D eigenvalue weighted by atomic mass is 10.2. The third kappa shape index (κ3) is 0.942. The van der Waals surface area contributed by atoms with Gasteiger partial charge < -0.3 is 10.3 Å². The van der Waals surface area contributed by atoms with Crippen molar-refractivity contribution in [1.29, 1.82) is 0 Å². The molecule has 0 spiro atoms. The number of terminal acetylenes is 1. The Labute approximate surface area is 75.4 Å². The van der Waals surface area contributed by atoms with Crippen LogP contribution in [-0.2, 0) is 7.05 Å². The Bertz CT molecular complexity index is 504.